The van der Waals surface area contributed by atoms with Crippen LogP contribution in [0, 0.1) is 11.3 Å². The Morgan fingerprint density at radius 2 is 2.47 bits per heavy atom. The fraction of sp³-hybridized carbons (Fsp3) is 0.400. The van der Waals surface area contributed by atoms with E-state index in [2.05, 4.69) is 11.4 Å². The molecule has 4 nitrogen and oxygen atoms in total. The Labute approximate surface area is 91.5 Å². The summed E-state index contributed by atoms with van der Waals surface area (Å²) < 4.78 is 5.30. The molecule has 0 spiro atoms. The lowest BCUT2D eigenvalue weighted by Crippen LogP contribution is -2.08. The van der Waals surface area contributed by atoms with Crippen molar-refractivity contribution in [2.45, 2.75) is 20.0 Å². The van der Waals surface area contributed by atoms with Crippen LogP contribution in [-0.4, -0.2) is 12.5 Å². The third-order valence-electron chi connectivity index (χ3n) is 2.22. The van der Waals surface area contributed by atoms with Crippen LogP contribution in [0.1, 0.15) is 22.9 Å². The van der Waals surface area contributed by atoms with Crippen LogP contribution in [0.4, 0.5) is 5.00 Å². The summed E-state index contributed by atoms with van der Waals surface area (Å²) in [6.07, 6.45) is 0.758. The fourth-order valence-corrected chi connectivity index (χ4v) is 2.78. The Kier molecular flexibility index (Phi) is 2.71. The molecule has 1 N–H and O–H groups in total. The van der Waals surface area contributed by atoms with Crippen molar-refractivity contribution < 1.29 is 9.53 Å². The molecule has 1 aromatic rings. The molecule has 78 valence electrons. The lowest BCUT2D eigenvalue weighted by Gasteiger charge is -2.11. The summed E-state index contributed by atoms with van der Waals surface area (Å²) in [7, 11) is 0. The van der Waals surface area contributed by atoms with Gasteiger partial charge in [0.05, 0.1) is 18.8 Å². The topological polar surface area (TPSA) is 62.1 Å². The molecule has 0 atom stereocenters. The fourth-order valence-electron chi connectivity index (χ4n) is 1.60. The van der Waals surface area contributed by atoms with E-state index in [1.807, 2.05) is 0 Å². The van der Waals surface area contributed by atoms with Crippen molar-refractivity contribution >= 4 is 22.2 Å². The van der Waals surface area contributed by atoms with Crippen LogP contribution in [-0.2, 0) is 22.6 Å². The smallest absolute Gasteiger partial charge is 0.221 e. The van der Waals surface area contributed by atoms with Crippen LogP contribution >= 0.6 is 11.3 Å². The monoisotopic (exact) mass is 222 g/mol. The number of anilines is 1. The minimum Gasteiger partial charge on any atom is -0.376 e. The maximum Gasteiger partial charge on any atom is 0.221 e. The molecule has 0 aliphatic carbocycles. The number of nitrogens with zero attached hydrogens (tertiary/aromatic N) is 1. The molecular weight excluding hydrogens is 212 g/mol. The van der Waals surface area contributed by atoms with Gasteiger partial charge in [0.1, 0.15) is 11.1 Å². The van der Waals surface area contributed by atoms with Crippen molar-refractivity contribution in [2.24, 2.45) is 0 Å². The van der Waals surface area contributed by atoms with Crippen molar-refractivity contribution in [3.8, 4) is 6.07 Å². The van der Waals surface area contributed by atoms with Gasteiger partial charge < -0.3 is 10.1 Å². The molecule has 0 saturated heterocycles. The van der Waals surface area contributed by atoms with Crippen LogP contribution in [0.15, 0.2) is 0 Å². The van der Waals surface area contributed by atoms with Gasteiger partial charge in [-0.15, -0.1) is 11.3 Å². The van der Waals surface area contributed by atoms with Crippen LogP contribution in [0.3, 0.4) is 0 Å². The maximum absolute atomic E-state index is 10.9. The van der Waals surface area contributed by atoms with E-state index in [-0.39, 0.29) is 5.91 Å². The average Bonchev–Trinajstić information content (AvgIpc) is 2.53. The van der Waals surface area contributed by atoms with Crippen molar-refractivity contribution in [2.75, 3.05) is 11.9 Å². The second kappa shape index (κ2) is 4.01. The van der Waals surface area contributed by atoms with Gasteiger partial charge >= 0.3 is 0 Å². The van der Waals surface area contributed by atoms with Crippen LogP contribution < -0.4 is 5.32 Å². The Bertz CT molecular complexity index is 445. The first kappa shape index (κ1) is 10.1. The molecule has 1 amide bonds. The number of carbonyl (C=O) groups excluding carboxylic acids is 1. The van der Waals surface area contributed by atoms with Gasteiger partial charge in [0.25, 0.3) is 0 Å². The van der Waals surface area contributed by atoms with Gasteiger partial charge in [0.15, 0.2) is 0 Å². The third kappa shape index (κ3) is 1.87. The van der Waals surface area contributed by atoms with Crippen LogP contribution in [0.5, 0.6) is 0 Å². The molecule has 0 radical (unpaired) electrons. The van der Waals surface area contributed by atoms with Crippen molar-refractivity contribution in [3.63, 3.8) is 0 Å². The number of ether oxygens (including phenoxy) is 1. The SMILES string of the molecule is CC(=O)Nc1sc2c(c1C#N)CCOC2. The van der Waals surface area contributed by atoms with Crippen LogP contribution in [0.25, 0.3) is 0 Å². The number of amides is 1. The minimum atomic E-state index is -0.147. The van der Waals surface area contributed by atoms with Gasteiger partial charge in [0, 0.05) is 11.8 Å². The Balaban J connectivity index is 2.43. The molecule has 0 bridgehead atoms. The molecular formula is C10H10N2O2S. The third-order valence-corrected chi connectivity index (χ3v) is 3.34. The Morgan fingerprint density at radius 1 is 1.67 bits per heavy atom. The van der Waals surface area contributed by atoms with Crippen molar-refractivity contribution in [3.05, 3.63) is 16.0 Å². The zero-order valence-electron chi connectivity index (χ0n) is 8.29. The largest absolute Gasteiger partial charge is 0.376 e. The summed E-state index contributed by atoms with van der Waals surface area (Å²) in [6.45, 7) is 2.64. The molecule has 0 unspecified atom stereocenters. The number of thiophene rings is 1. The van der Waals surface area contributed by atoms with Gasteiger partial charge in [-0.25, -0.2) is 0 Å². The molecule has 1 aromatic heterocycles. The van der Waals surface area contributed by atoms with Gasteiger partial charge in [-0.2, -0.15) is 5.26 Å². The minimum absolute atomic E-state index is 0.147. The number of fused-ring (bicyclic) bond motifs is 1. The van der Waals surface area contributed by atoms with E-state index in [1.165, 1.54) is 18.3 Å². The first-order chi connectivity index (χ1) is 7.22. The number of hydrogen-bond acceptors (Lipinski definition) is 4. The van der Waals surface area contributed by atoms with Gasteiger partial charge in [-0.3, -0.25) is 4.79 Å². The predicted octanol–water partition coefficient (Wildman–Crippen LogP) is 1.65. The second-order valence-electron chi connectivity index (χ2n) is 3.30. The average molecular weight is 222 g/mol. The molecule has 5 heteroatoms. The summed E-state index contributed by atoms with van der Waals surface area (Å²) in [5.41, 5.74) is 1.64. The first-order valence-electron chi connectivity index (χ1n) is 4.62. The van der Waals surface area contributed by atoms with E-state index in [9.17, 15) is 4.79 Å². The van der Waals surface area contributed by atoms with E-state index >= 15 is 0 Å². The number of hydrogen-bond donors (Lipinski definition) is 1. The quantitative estimate of drug-likeness (QED) is 0.785. The standard InChI is InChI=1S/C10H10N2O2S/c1-6(13)12-10-8(4-11)7-2-3-14-5-9(7)15-10/h2-3,5H2,1H3,(H,12,13). The van der Waals surface area contributed by atoms with Gasteiger partial charge in [-0.05, 0) is 12.0 Å². The number of nitriles is 1. The second-order valence-corrected chi connectivity index (χ2v) is 4.41. The van der Waals surface area contributed by atoms with E-state index in [1.54, 1.807) is 0 Å². The van der Waals surface area contributed by atoms with Gasteiger partial charge in [0.2, 0.25) is 5.91 Å². The van der Waals surface area contributed by atoms with E-state index in [0.29, 0.717) is 23.8 Å². The summed E-state index contributed by atoms with van der Waals surface area (Å²) in [6, 6.07) is 2.15. The lowest BCUT2D eigenvalue weighted by atomic mass is 10.1. The molecule has 2 rings (SSSR count). The highest BCUT2D eigenvalue weighted by Crippen LogP contribution is 2.35. The summed E-state index contributed by atoms with van der Waals surface area (Å²) in [5.74, 6) is -0.147. The van der Waals surface area contributed by atoms with Crippen LogP contribution in [0.2, 0.25) is 0 Å². The van der Waals surface area contributed by atoms with E-state index in [0.717, 1.165) is 16.9 Å². The first-order valence-corrected chi connectivity index (χ1v) is 5.44. The number of rotatable bonds is 1. The molecule has 1 aliphatic heterocycles. The van der Waals surface area contributed by atoms with E-state index < -0.39 is 0 Å². The highest BCUT2D eigenvalue weighted by Gasteiger charge is 2.21. The normalized spacial score (nSPS) is 14.1. The Hall–Kier alpha value is -1.38. The van der Waals surface area contributed by atoms with E-state index in [4.69, 9.17) is 10.00 Å². The maximum atomic E-state index is 10.9. The lowest BCUT2D eigenvalue weighted by molar-refractivity contribution is -0.114. The van der Waals surface area contributed by atoms with Crippen molar-refractivity contribution in [1.82, 2.24) is 0 Å². The summed E-state index contributed by atoms with van der Waals surface area (Å²) in [5, 5.41) is 12.4. The summed E-state index contributed by atoms with van der Waals surface area (Å²) >= 11 is 1.44. The van der Waals surface area contributed by atoms with Crippen molar-refractivity contribution in [1.29, 1.82) is 5.26 Å². The number of nitrogens with one attached hydrogen (secondary N) is 1. The highest BCUT2D eigenvalue weighted by molar-refractivity contribution is 7.16. The predicted molar refractivity (Wildman–Crippen MR) is 56.7 cm³/mol. The zero-order chi connectivity index (χ0) is 10.8. The van der Waals surface area contributed by atoms with Gasteiger partial charge in [-0.1, -0.05) is 0 Å². The molecule has 0 saturated carbocycles. The zero-order valence-corrected chi connectivity index (χ0v) is 9.11. The summed E-state index contributed by atoms with van der Waals surface area (Å²) in [4.78, 5) is 12.0. The highest BCUT2D eigenvalue weighted by atomic mass is 32.1. The number of carbonyl (C=O) groups is 1. The molecule has 0 fully saturated rings. The molecule has 0 aromatic carbocycles. The molecule has 2 heterocycles. The Morgan fingerprint density at radius 3 is 3.13 bits per heavy atom. The molecule has 1 aliphatic rings. The molecule has 15 heavy (non-hydrogen) atoms.